The lowest BCUT2D eigenvalue weighted by Gasteiger charge is -2.05. The van der Waals surface area contributed by atoms with Crippen LogP contribution in [0.15, 0.2) is 18.2 Å². The van der Waals surface area contributed by atoms with Gasteiger partial charge >= 0.3 is 0 Å². The molecule has 0 aliphatic rings. The number of rotatable bonds is 3. The molecule has 0 aliphatic carbocycles. The summed E-state index contributed by atoms with van der Waals surface area (Å²) in [6.07, 6.45) is 5.48. The Kier molecular flexibility index (Phi) is 3.69. The summed E-state index contributed by atoms with van der Waals surface area (Å²) in [4.78, 5) is 11.5. The monoisotopic (exact) mass is 206 g/mol. The Morgan fingerprint density at radius 1 is 1.60 bits per heavy atom. The van der Waals surface area contributed by atoms with E-state index in [0.717, 1.165) is 6.07 Å². The van der Waals surface area contributed by atoms with Crippen molar-refractivity contribution >= 4 is 11.6 Å². The largest absolute Gasteiger partial charge is 0.398 e. The van der Waals surface area contributed by atoms with Gasteiger partial charge in [-0.1, -0.05) is 0 Å². The van der Waals surface area contributed by atoms with E-state index in [1.807, 2.05) is 0 Å². The van der Waals surface area contributed by atoms with E-state index in [0.29, 0.717) is 13.0 Å². The lowest BCUT2D eigenvalue weighted by Crippen LogP contribution is -2.25. The smallest absolute Gasteiger partial charge is 0.253 e. The third-order valence-electron chi connectivity index (χ3n) is 1.81. The summed E-state index contributed by atoms with van der Waals surface area (Å²) < 4.78 is 12.7. The first kappa shape index (κ1) is 11.1. The molecule has 0 fully saturated rings. The minimum atomic E-state index is -0.465. The Labute approximate surface area is 87.5 Å². The minimum absolute atomic E-state index is 0.119. The van der Waals surface area contributed by atoms with E-state index in [9.17, 15) is 9.18 Å². The summed E-state index contributed by atoms with van der Waals surface area (Å²) in [5, 5.41) is 2.58. The van der Waals surface area contributed by atoms with Crippen LogP contribution in [-0.4, -0.2) is 12.5 Å². The number of hydrogen-bond donors (Lipinski definition) is 2. The fourth-order valence-corrected chi connectivity index (χ4v) is 1.08. The highest BCUT2D eigenvalue weighted by Crippen LogP contribution is 2.12. The molecule has 3 N–H and O–H groups in total. The van der Waals surface area contributed by atoms with Gasteiger partial charge in [-0.3, -0.25) is 4.79 Å². The average Bonchev–Trinajstić information content (AvgIpc) is 2.17. The number of halogens is 1. The van der Waals surface area contributed by atoms with Crippen molar-refractivity contribution < 1.29 is 9.18 Å². The number of nitrogen functional groups attached to an aromatic ring is 1. The molecule has 78 valence electrons. The van der Waals surface area contributed by atoms with Gasteiger partial charge < -0.3 is 11.1 Å². The van der Waals surface area contributed by atoms with Crippen LogP contribution in [0.4, 0.5) is 10.1 Å². The van der Waals surface area contributed by atoms with Gasteiger partial charge in [0.1, 0.15) is 5.82 Å². The van der Waals surface area contributed by atoms with Crippen LogP contribution in [0.2, 0.25) is 0 Å². The summed E-state index contributed by atoms with van der Waals surface area (Å²) in [5.41, 5.74) is 5.86. The van der Waals surface area contributed by atoms with E-state index in [4.69, 9.17) is 12.2 Å². The zero-order valence-electron chi connectivity index (χ0n) is 8.09. The first-order valence-electron chi connectivity index (χ1n) is 4.42. The van der Waals surface area contributed by atoms with Crippen molar-refractivity contribution in [3.8, 4) is 12.3 Å². The van der Waals surface area contributed by atoms with Gasteiger partial charge in [0.2, 0.25) is 0 Å². The molecule has 0 heterocycles. The highest BCUT2D eigenvalue weighted by atomic mass is 19.1. The second kappa shape index (κ2) is 5.01. The second-order valence-corrected chi connectivity index (χ2v) is 2.94. The molecule has 0 radical (unpaired) electrons. The molecule has 0 spiro atoms. The Bertz CT molecular complexity index is 410. The van der Waals surface area contributed by atoms with Crippen LogP contribution in [0.25, 0.3) is 0 Å². The van der Waals surface area contributed by atoms with Crippen molar-refractivity contribution in [1.82, 2.24) is 5.32 Å². The highest BCUT2D eigenvalue weighted by molar-refractivity contribution is 5.99. The van der Waals surface area contributed by atoms with Crippen LogP contribution >= 0.6 is 0 Å². The second-order valence-electron chi connectivity index (χ2n) is 2.94. The quantitative estimate of drug-likeness (QED) is 0.443. The molecule has 1 aromatic carbocycles. The number of anilines is 1. The fourth-order valence-electron chi connectivity index (χ4n) is 1.08. The van der Waals surface area contributed by atoms with Gasteiger partial charge in [0.05, 0.1) is 5.56 Å². The first-order valence-corrected chi connectivity index (χ1v) is 4.42. The van der Waals surface area contributed by atoms with Gasteiger partial charge in [0.15, 0.2) is 0 Å². The molecule has 0 atom stereocenters. The molecule has 1 amide bonds. The number of hydrogen-bond acceptors (Lipinski definition) is 2. The number of nitrogens with two attached hydrogens (primary N) is 1. The van der Waals surface area contributed by atoms with Gasteiger partial charge in [-0.15, -0.1) is 12.3 Å². The van der Waals surface area contributed by atoms with E-state index in [1.165, 1.54) is 12.1 Å². The molecule has 0 saturated carbocycles. The number of benzene rings is 1. The lowest BCUT2D eigenvalue weighted by atomic mass is 10.1. The van der Waals surface area contributed by atoms with E-state index in [2.05, 4.69) is 11.2 Å². The Morgan fingerprint density at radius 2 is 2.33 bits per heavy atom. The zero-order chi connectivity index (χ0) is 11.3. The number of terminal acetylenes is 1. The molecule has 1 aromatic rings. The SMILES string of the molecule is C#CCCNC(=O)c1ccc(F)cc1N. The van der Waals surface area contributed by atoms with Crippen LogP contribution in [0.3, 0.4) is 0 Å². The molecule has 15 heavy (non-hydrogen) atoms. The first-order chi connectivity index (χ1) is 7.15. The van der Waals surface area contributed by atoms with Crippen LogP contribution in [-0.2, 0) is 0 Å². The number of nitrogens with one attached hydrogen (secondary N) is 1. The maximum atomic E-state index is 12.7. The maximum Gasteiger partial charge on any atom is 0.253 e. The van der Waals surface area contributed by atoms with E-state index in [1.54, 1.807) is 0 Å². The topological polar surface area (TPSA) is 55.1 Å². The van der Waals surface area contributed by atoms with E-state index >= 15 is 0 Å². The van der Waals surface area contributed by atoms with Crippen molar-refractivity contribution in [3.63, 3.8) is 0 Å². The minimum Gasteiger partial charge on any atom is -0.398 e. The summed E-state index contributed by atoms with van der Waals surface area (Å²) in [6, 6.07) is 3.64. The summed E-state index contributed by atoms with van der Waals surface area (Å²) in [7, 11) is 0. The van der Waals surface area contributed by atoms with Crippen molar-refractivity contribution in [2.75, 3.05) is 12.3 Å². The van der Waals surface area contributed by atoms with Gasteiger partial charge in [-0.2, -0.15) is 0 Å². The van der Waals surface area contributed by atoms with Crippen LogP contribution in [0.5, 0.6) is 0 Å². The third kappa shape index (κ3) is 2.99. The molecular weight excluding hydrogens is 195 g/mol. The van der Waals surface area contributed by atoms with Crippen LogP contribution in [0.1, 0.15) is 16.8 Å². The summed E-state index contributed by atoms with van der Waals surface area (Å²) in [6.45, 7) is 0.381. The molecule has 0 bridgehead atoms. The molecule has 1 rings (SSSR count). The third-order valence-corrected chi connectivity index (χ3v) is 1.81. The summed E-state index contributed by atoms with van der Waals surface area (Å²) in [5.74, 6) is 1.58. The standard InChI is InChI=1S/C11H11FN2O/c1-2-3-6-14-11(15)9-5-4-8(12)7-10(9)13/h1,4-5,7H,3,6,13H2,(H,14,15). The predicted molar refractivity (Wildman–Crippen MR) is 56.6 cm³/mol. The van der Waals surface area contributed by atoms with Gasteiger partial charge in [0, 0.05) is 18.7 Å². The Morgan fingerprint density at radius 3 is 2.93 bits per heavy atom. The van der Waals surface area contributed by atoms with Crippen molar-refractivity contribution in [3.05, 3.63) is 29.6 Å². The lowest BCUT2D eigenvalue weighted by molar-refractivity contribution is 0.0955. The van der Waals surface area contributed by atoms with Crippen LogP contribution < -0.4 is 11.1 Å². The molecule has 0 aromatic heterocycles. The molecule has 0 aliphatic heterocycles. The average molecular weight is 206 g/mol. The molecular formula is C11H11FN2O. The molecule has 4 heteroatoms. The number of amides is 1. The number of carbonyl (C=O) groups excluding carboxylic acids is 1. The highest BCUT2D eigenvalue weighted by Gasteiger charge is 2.08. The summed E-state index contributed by atoms with van der Waals surface area (Å²) >= 11 is 0. The Balaban J connectivity index is 2.70. The van der Waals surface area contributed by atoms with Crippen molar-refractivity contribution in [2.45, 2.75) is 6.42 Å². The van der Waals surface area contributed by atoms with E-state index < -0.39 is 5.82 Å². The molecule has 0 unspecified atom stereocenters. The molecule has 0 saturated heterocycles. The normalized spacial score (nSPS) is 9.33. The van der Waals surface area contributed by atoms with Crippen LogP contribution in [0, 0.1) is 18.2 Å². The van der Waals surface area contributed by atoms with Crippen molar-refractivity contribution in [1.29, 1.82) is 0 Å². The van der Waals surface area contributed by atoms with Gasteiger partial charge in [-0.25, -0.2) is 4.39 Å². The van der Waals surface area contributed by atoms with Gasteiger partial charge in [0.25, 0.3) is 5.91 Å². The van der Waals surface area contributed by atoms with Gasteiger partial charge in [-0.05, 0) is 18.2 Å². The van der Waals surface area contributed by atoms with E-state index in [-0.39, 0.29) is 17.2 Å². The fraction of sp³-hybridized carbons (Fsp3) is 0.182. The van der Waals surface area contributed by atoms with Crippen molar-refractivity contribution in [2.24, 2.45) is 0 Å². The number of carbonyl (C=O) groups is 1. The zero-order valence-corrected chi connectivity index (χ0v) is 8.09. The molecule has 3 nitrogen and oxygen atoms in total. The Hall–Kier alpha value is -2.02. The predicted octanol–water partition coefficient (Wildman–Crippen LogP) is 1.16. The maximum absolute atomic E-state index is 12.7.